The maximum absolute atomic E-state index is 12.8. The van der Waals surface area contributed by atoms with E-state index in [0.717, 1.165) is 0 Å². The molecule has 0 spiro atoms. The predicted molar refractivity (Wildman–Crippen MR) is 83.2 cm³/mol. The molecule has 0 unspecified atom stereocenters. The highest BCUT2D eigenvalue weighted by molar-refractivity contribution is 7.89. The molecule has 2 N–H and O–H groups in total. The molecule has 0 radical (unpaired) electrons. The lowest BCUT2D eigenvalue weighted by atomic mass is 9.95. The fraction of sp³-hybridized carbons (Fsp3) is 0.467. The summed E-state index contributed by atoms with van der Waals surface area (Å²) in [5.41, 5.74) is 0.307. The van der Waals surface area contributed by atoms with Crippen molar-refractivity contribution in [2.24, 2.45) is 5.92 Å². The summed E-state index contributed by atoms with van der Waals surface area (Å²) >= 11 is 0. The SMILES string of the molecule is CNC(=O)c1cccc(S(=O)(=O)N2CC[C@@H]3NC(=O)C[C@@H]3C2)c1. The van der Waals surface area contributed by atoms with Crippen molar-refractivity contribution < 1.29 is 18.0 Å². The third-order valence-corrected chi connectivity index (χ3v) is 6.31. The van der Waals surface area contributed by atoms with Crippen LogP contribution in [0.25, 0.3) is 0 Å². The molecule has 7 nitrogen and oxygen atoms in total. The van der Waals surface area contributed by atoms with Gasteiger partial charge in [0.15, 0.2) is 0 Å². The maximum Gasteiger partial charge on any atom is 0.251 e. The van der Waals surface area contributed by atoms with Gasteiger partial charge in [-0.25, -0.2) is 8.42 Å². The van der Waals surface area contributed by atoms with Crippen molar-refractivity contribution in [2.75, 3.05) is 20.1 Å². The molecule has 1 aromatic rings. The number of nitrogens with zero attached hydrogens (tertiary/aromatic N) is 1. The molecular weight excluding hydrogens is 318 g/mol. The van der Waals surface area contributed by atoms with E-state index >= 15 is 0 Å². The van der Waals surface area contributed by atoms with E-state index < -0.39 is 10.0 Å². The van der Waals surface area contributed by atoms with E-state index in [9.17, 15) is 18.0 Å². The van der Waals surface area contributed by atoms with Gasteiger partial charge in [0, 0.05) is 44.1 Å². The highest BCUT2D eigenvalue weighted by Gasteiger charge is 2.40. The Kier molecular flexibility index (Phi) is 4.11. The van der Waals surface area contributed by atoms with E-state index in [1.54, 1.807) is 12.1 Å². The van der Waals surface area contributed by atoms with Crippen LogP contribution in [-0.4, -0.2) is 50.7 Å². The summed E-state index contributed by atoms with van der Waals surface area (Å²) in [6, 6.07) is 6.09. The van der Waals surface area contributed by atoms with Crippen molar-refractivity contribution in [1.82, 2.24) is 14.9 Å². The predicted octanol–water partition coefficient (Wildman–Crippen LogP) is -0.0547. The molecule has 2 heterocycles. The normalized spacial score (nSPS) is 24.8. The molecule has 23 heavy (non-hydrogen) atoms. The second-order valence-corrected chi connectivity index (χ2v) is 7.83. The molecule has 2 fully saturated rings. The summed E-state index contributed by atoms with van der Waals surface area (Å²) in [5.74, 6) is -0.319. The van der Waals surface area contributed by atoms with Crippen LogP contribution in [0.5, 0.6) is 0 Å². The van der Waals surface area contributed by atoms with Crippen LogP contribution in [0.15, 0.2) is 29.2 Å². The molecule has 1 aromatic carbocycles. The fourth-order valence-corrected chi connectivity index (χ4v) is 4.77. The van der Waals surface area contributed by atoms with Crippen LogP contribution >= 0.6 is 0 Å². The molecule has 0 aromatic heterocycles. The van der Waals surface area contributed by atoms with Gasteiger partial charge in [-0.05, 0) is 24.6 Å². The van der Waals surface area contributed by atoms with Crippen molar-refractivity contribution in [3.63, 3.8) is 0 Å². The molecule has 8 heteroatoms. The topological polar surface area (TPSA) is 95.6 Å². The van der Waals surface area contributed by atoms with Crippen LogP contribution in [0.3, 0.4) is 0 Å². The third-order valence-electron chi connectivity index (χ3n) is 4.45. The number of fused-ring (bicyclic) bond motifs is 1. The Balaban J connectivity index is 1.84. The van der Waals surface area contributed by atoms with E-state index in [4.69, 9.17) is 0 Å². The van der Waals surface area contributed by atoms with E-state index in [1.165, 1.54) is 23.5 Å². The number of benzene rings is 1. The molecule has 0 saturated carbocycles. The van der Waals surface area contributed by atoms with Gasteiger partial charge < -0.3 is 10.6 Å². The van der Waals surface area contributed by atoms with Crippen molar-refractivity contribution in [2.45, 2.75) is 23.8 Å². The number of amides is 2. The molecule has 2 saturated heterocycles. The molecule has 3 rings (SSSR count). The standard InChI is InChI=1S/C15H19N3O4S/c1-16-15(20)10-3-2-4-12(7-10)23(21,22)18-6-5-13-11(9-18)8-14(19)17-13/h2-4,7,11,13H,5-6,8-9H2,1H3,(H,16,20)(H,17,19)/t11-,13+/m1/s1. The van der Waals surface area contributed by atoms with E-state index in [1.807, 2.05) is 0 Å². The zero-order chi connectivity index (χ0) is 16.6. The molecule has 2 atom stereocenters. The van der Waals surface area contributed by atoms with Crippen LogP contribution in [0.2, 0.25) is 0 Å². The first-order valence-electron chi connectivity index (χ1n) is 7.53. The van der Waals surface area contributed by atoms with Gasteiger partial charge in [-0.3, -0.25) is 9.59 Å². The molecule has 0 bridgehead atoms. The van der Waals surface area contributed by atoms with Crippen LogP contribution in [0, 0.1) is 5.92 Å². The second-order valence-electron chi connectivity index (χ2n) is 5.90. The summed E-state index contributed by atoms with van der Waals surface area (Å²) in [6.45, 7) is 0.698. The Morgan fingerprint density at radius 3 is 2.91 bits per heavy atom. The summed E-state index contributed by atoms with van der Waals surface area (Å²) in [6.07, 6.45) is 0.986. The van der Waals surface area contributed by atoms with Crippen LogP contribution in [0.1, 0.15) is 23.2 Å². The molecular formula is C15H19N3O4S. The van der Waals surface area contributed by atoms with Gasteiger partial charge in [0.25, 0.3) is 5.91 Å². The van der Waals surface area contributed by atoms with Gasteiger partial charge in [0.05, 0.1) is 4.90 Å². The number of piperidine rings is 1. The number of carbonyl (C=O) groups excluding carboxylic acids is 2. The second kappa shape index (κ2) is 5.93. The lowest BCUT2D eigenvalue weighted by Gasteiger charge is -2.33. The zero-order valence-electron chi connectivity index (χ0n) is 12.8. The Labute approximate surface area is 135 Å². The van der Waals surface area contributed by atoms with Crippen molar-refractivity contribution in [3.05, 3.63) is 29.8 Å². The highest BCUT2D eigenvalue weighted by Crippen LogP contribution is 2.29. The van der Waals surface area contributed by atoms with Crippen LogP contribution < -0.4 is 10.6 Å². The minimum atomic E-state index is -3.67. The summed E-state index contributed by atoms with van der Waals surface area (Å²) in [4.78, 5) is 23.3. The number of sulfonamides is 1. The Bertz CT molecular complexity index is 747. The number of rotatable bonds is 3. The fourth-order valence-electron chi connectivity index (χ4n) is 3.21. The Morgan fingerprint density at radius 2 is 2.17 bits per heavy atom. The first-order valence-corrected chi connectivity index (χ1v) is 8.97. The van der Waals surface area contributed by atoms with Crippen LogP contribution in [0.4, 0.5) is 0 Å². The number of carbonyl (C=O) groups is 2. The third kappa shape index (κ3) is 2.96. The molecule has 2 amide bonds. The minimum absolute atomic E-state index is 0.0131. The van der Waals surface area contributed by atoms with E-state index in [-0.39, 0.29) is 28.7 Å². The number of hydrogen-bond donors (Lipinski definition) is 2. The first-order chi connectivity index (χ1) is 10.9. The monoisotopic (exact) mass is 337 g/mol. The number of nitrogens with one attached hydrogen (secondary N) is 2. The molecule has 2 aliphatic heterocycles. The minimum Gasteiger partial charge on any atom is -0.355 e. The smallest absolute Gasteiger partial charge is 0.251 e. The van der Waals surface area contributed by atoms with Gasteiger partial charge in [0.1, 0.15) is 0 Å². The number of hydrogen-bond acceptors (Lipinski definition) is 4. The van der Waals surface area contributed by atoms with Crippen molar-refractivity contribution in [1.29, 1.82) is 0 Å². The van der Waals surface area contributed by atoms with Crippen LogP contribution in [-0.2, 0) is 14.8 Å². The van der Waals surface area contributed by atoms with Gasteiger partial charge in [-0.15, -0.1) is 0 Å². The average Bonchev–Trinajstić information content (AvgIpc) is 2.93. The molecule has 0 aliphatic carbocycles. The molecule has 2 aliphatic rings. The highest BCUT2D eigenvalue weighted by atomic mass is 32.2. The van der Waals surface area contributed by atoms with Gasteiger partial charge in [0.2, 0.25) is 15.9 Å². The summed E-state index contributed by atoms with van der Waals surface area (Å²) in [5, 5.41) is 5.37. The maximum atomic E-state index is 12.8. The van der Waals surface area contributed by atoms with Gasteiger partial charge >= 0.3 is 0 Å². The van der Waals surface area contributed by atoms with Gasteiger partial charge in [-0.1, -0.05) is 6.07 Å². The lowest BCUT2D eigenvalue weighted by Crippen LogP contribution is -2.46. The van der Waals surface area contributed by atoms with E-state index in [2.05, 4.69) is 10.6 Å². The quantitative estimate of drug-likeness (QED) is 0.808. The summed E-state index contributed by atoms with van der Waals surface area (Å²) < 4.78 is 27.0. The Morgan fingerprint density at radius 1 is 1.39 bits per heavy atom. The van der Waals surface area contributed by atoms with E-state index in [0.29, 0.717) is 31.5 Å². The zero-order valence-corrected chi connectivity index (χ0v) is 13.6. The summed E-state index contributed by atoms with van der Waals surface area (Å²) in [7, 11) is -2.17. The van der Waals surface area contributed by atoms with Crippen molar-refractivity contribution in [3.8, 4) is 0 Å². The molecule has 124 valence electrons. The van der Waals surface area contributed by atoms with Crippen molar-refractivity contribution >= 4 is 21.8 Å². The average molecular weight is 337 g/mol. The first kappa shape index (κ1) is 15.9. The largest absolute Gasteiger partial charge is 0.355 e. The van der Waals surface area contributed by atoms with Gasteiger partial charge in [-0.2, -0.15) is 4.31 Å². The Hall–Kier alpha value is -1.93. The lowest BCUT2D eigenvalue weighted by molar-refractivity contribution is -0.119.